The van der Waals surface area contributed by atoms with Gasteiger partial charge in [-0.25, -0.2) is 0 Å². The molecule has 0 aliphatic carbocycles. The average molecular weight is 590 g/mol. The number of alkyl halides is 15. The van der Waals surface area contributed by atoms with E-state index in [-0.39, 0.29) is 5.75 Å². The number of hydrogen-bond donors (Lipinski definition) is 0. The Morgan fingerprint density at radius 2 is 1.03 bits per heavy atom. The zero-order valence-electron chi connectivity index (χ0n) is 20.0. The van der Waals surface area contributed by atoms with Gasteiger partial charge in [0, 0.05) is 7.11 Å². The summed E-state index contributed by atoms with van der Waals surface area (Å²) < 4.78 is 213. The van der Waals surface area contributed by atoms with Gasteiger partial charge in [0.05, 0.1) is 12.0 Å². The Hall–Kier alpha value is -2.07. The standard InChI is InChI=1S/C21H21F15O2/c1-13(2,3)38-12-8-6-7-11(9-12)14(4,37-5)10-15(22,23)16(24,25)17(26,27)18(28,29)19(30,31)20(32,33)21(34,35)36/h6-9H,10H2,1-5H3. The topological polar surface area (TPSA) is 18.5 Å². The van der Waals surface area contributed by atoms with E-state index >= 15 is 0 Å². The normalized spacial score (nSPS) is 16.8. The summed E-state index contributed by atoms with van der Waals surface area (Å²) in [6, 6.07) is 4.19. The number of methoxy groups -OCH3 is 1. The molecule has 0 aliphatic rings. The summed E-state index contributed by atoms with van der Waals surface area (Å²) in [6.45, 7) is 5.18. The molecule has 0 N–H and O–H groups in total. The van der Waals surface area contributed by atoms with E-state index in [1.165, 1.54) is 26.8 Å². The van der Waals surface area contributed by atoms with Crippen LogP contribution in [0.25, 0.3) is 0 Å². The molecule has 1 atom stereocenters. The van der Waals surface area contributed by atoms with Crippen LogP contribution in [0.4, 0.5) is 65.9 Å². The Kier molecular flexibility index (Phi) is 8.52. The van der Waals surface area contributed by atoms with Crippen LogP contribution < -0.4 is 4.74 Å². The van der Waals surface area contributed by atoms with E-state index in [0.29, 0.717) is 14.0 Å². The zero-order chi connectivity index (χ0) is 30.6. The third kappa shape index (κ3) is 5.48. The number of ether oxygens (including phenoxy) is 2. The first-order chi connectivity index (χ1) is 16.5. The summed E-state index contributed by atoms with van der Waals surface area (Å²) in [6.07, 6.45) is -10.3. The van der Waals surface area contributed by atoms with E-state index in [2.05, 4.69) is 4.74 Å². The molecule has 0 bridgehead atoms. The van der Waals surface area contributed by atoms with Crippen molar-refractivity contribution in [1.82, 2.24) is 0 Å². The van der Waals surface area contributed by atoms with Crippen molar-refractivity contribution in [3.05, 3.63) is 29.8 Å². The van der Waals surface area contributed by atoms with Crippen LogP contribution in [0.2, 0.25) is 0 Å². The maximum Gasteiger partial charge on any atom is 0.460 e. The van der Waals surface area contributed by atoms with Gasteiger partial charge in [0.2, 0.25) is 0 Å². The molecule has 1 aromatic carbocycles. The van der Waals surface area contributed by atoms with Gasteiger partial charge in [-0.2, -0.15) is 65.9 Å². The molecule has 0 aliphatic heterocycles. The minimum Gasteiger partial charge on any atom is -0.488 e. The lowest BCUT2D eigenvalue weighted by atomic mass is 9.83. The molecule has 0 radical (unpaired) electrons. The molecule has 1 aromatic rings. The minimum absolute atomic E-state index is 0.0979. The van der Waals surface area contributed by atoms with Crippen molar-refractivity contribution in [2.24, 2.45) is 0 Å². The summed E-state index contributed by atoms with van der Waals surface area (Å²) >= 11 is 0. The van der Waals surface area contributed by atoms with Crippen molar-refractivity contribution in [3.8, 4) is 5.75 Å². The van der Waals surface area contributed by atoms with E-state index in [1.54, 1.807) is 0 Å². The van der Waals surface area contributed by atoms with Gasteiger partial charge in [0.25, 0.3) is 0 Å². The van der Waals surface area contributed by atoms with Crippen LogP contribution in [0, 0.1) is 0 Å². The molecule has 38 heavy (non-hydrogen) atoms. The van der Waals surface area contributed by atoms with E-state index in [1.807, 2.05) is 0 Å². The molecule has 2 nitrogen and oxygen atoms in total. The Balaban J connectivity index is 3.59. The molecular weight excluding hydrogens is 569 g/mol. The first-order valence-corrected chi connectivity index (χ1v) is 10.1. The molecule has 0 spiro atoms. The monoisotopic (exact) mass is 590 g/mol. The van der Waals surface area contributed by atoms with Gasteiger partial charge in [-0.3, -0.25) is 0 Å². The highest BCUT2D eigenvalue weighted by atomic mass is 19.4. The lowest BCUT2D eigenvalue weighted by Gasteiger charge is -2.43. The largest absolute Gasteiger partial charge is 0.488 e. The molecule has 0 aromatic heterocycles. The van der Waals surface area contributed by atoms with Crippen LogP contribution >= 0.6 is 0 Å². The van der Waals surface area contributed by atoms with Gasteiger partial charge in [-0.1, -0.05) is 12.1 Å². The molecule has 17 heteroatoms. The van der Waals surface area contributed by atoms with Crippen molar-refractivity contribution in [2.45, 2.75) is 87.0 Å². The van der Waals surface area contributed by atoms with Crippen molar-refractivity contribution in [3.63, 3.8) is 0 Å². The Bertz CT molecular complexity index is 980. The van der Waals surface area contributed by atoms with Crippen molar-refractivity contribution >= 4 is 0 Å². The average Bonchev–Trinajstić information content (AvgIpc) is 2.70. The molecule has 0 saturated heterocycles. The molecular formula is C21H21F15O2. The van der Waals surface area contributed by atoms with Crippen LogP contribution in [0.15, 0.2) is 24.3 Å². The van der Waals surface area contributed by atoms with Crippen LogP contribution in [-0.4, -0.2) is 54.4 Å². The van der Waals surface area contributed by atoms with Gasteiger partial charge >= 0.3 is 41.7 Å². The van der Waals surface area contributed by atoms with E-state index < -0.39 is 64.9 Å². The van der Waals surface area contributed by atoms with E-state index in [9.17, 15) is 65.9 Å². The molecule has 0 saturated carbocycles. The first-order valence-electron chi connectivity index (χ1n) is 10.1. The van der Waals surface area contributed by atoms with Crippen molar-refractivity contribution < 1.29 is 75.3 Å². The summed E-state index contributed by atoms with van der Waals surface area (Å²) in [5.41, 5.74) is -4.18. The van der Waals surface area contributed by atoms with Crippen LogP contribution in [0.3, 0.4) is 0 Å². The summed E-state index contributed by atoms with van der Waals surface area (Å²) in [5.74, 6) is -47.0. The highest BCUT2D eigenvalue weighted by Gasteiger charge is 2.93. The first kappa shape index (κ1) is 34.0. The maximum absolute atomic E-state index is 14.6. The second-order valence-corrected chi connectivity index (χ2v) is 9.43. The van der Waals surface area contributed by atoms with Gasteiger partial charge < -0.3 is 9.47 Å². The molecule has 0 fully saturated rings. The number of hydrogen-bond acceptors (Lipinski definition) is 2. The van der Waals surface area contributed by atoms with Gasteiger partial charge in [0.1, 0.15) is 11.4 Å². The number of halogens is 15. The second-order valence-electron chi connectivity index (χ2n) is 9.43. The highest BCUT2D eigenvalue weighted by Crippen LogP contribution is 2.63. The van der Waals surface area contributed by atoms with E-state index in [0.717, 1.165) is 18.2 Å². The van der Waals surface area contributed by atoms with Crippen LogP contribution in [0.1, 0.15) is 39.7 Å². The smallest absolute Gasteiger partial charge is 0.460 e. The van der Waals surface area contributed by atoms with Gasteiger partial charge in [0.15, 0.2) is 0 Å². The SMILES string of the molecule is COC(C)(CC(F)(F)C(F)(F)C(F)(F)C(F)(F)C(F)(F)C(F)(F)C(F)(F)F)c1cccc(OC(C)(C)C)c1. The quantitative estimate of drug-likeness (QED) is 0.255. The highest BCUT2D eigenvalue weighted by molar-refractivity contribution is 5.33. The fourth-order valence-corrected chi connectivity index (χ4v) is 3.07. The predicted octanol–water partition coefficient (Wildman–Crippen LogP) is 8.49. The predicted molar refractivity (Wildman–Crippen MR) is 102 cm³/mol. The van der Waals surface area contributed by atoms with Crippen molar-refractivity contribution in [1.29, 1.82) is 0 Å². The Labute approximate surface area is 206 Å². The molecule has 0 heterocycles. The molecule has 1 unspecified atom stereocenters. The lowest BCUT2D eigenvalue weighted by molar-refractivity contribution is -0.453. The number of benzene rings is 1. The summed E-state index contributed by atoms with van der Waals surface area (Å²) in [4.78, 5) is 0. The van der Waals surface area contributed by atoms with Crippen molar-refractivity contribution in [2.75, 3.05) is 7.11 Å². The second kappa shape index (κ2) is 9.54. The fraction of sp³-hybridized carbons (Fsp3) is 0.714. The van der Waals surface area contributed by atoms with Crippen LogP contribution in [-0.2, 0) is 10.3 Å². The maximum atomic E-state index is 14.6. The van der Waals surface area contributed by atoms with Crippen LogP contribution in [0.5, 0.6) is 5.75 Å². The molecule has 0 amide bonds. The Morgan fingerprint density at radius 3 is 1.42 bits per heavy atom. The Morgan fingerprint density at radius 1 is 0.605 bits per heavy atom. The minimum atomic E-state index is -8.34. The van der Waals surface area contributed by atoms with Gasteiger partial charge in [-0.05, 0) is 45.4 Å². The number of rotatable bonds is 10. The molecule has 222 valence electrons. The molecule has 1 rings (SSSR count). The fourth-order valence-electron chi connectivity index (χ4n) is 3.07. The zero-order valence-corrected chi connectivity index (χ0v) is 20.0. The summed E-state index contributed by atoms with van der Waals surface area (Å²) in [7, 11) is 0.594. The third-order valence-corrected chi connectivity index (χ3v) is 5.27. The summed E-state index contributed by atoms with van der Waals surface area (Å²) in [5, 5.41) is 0. The third-order valence-electron chi connectivity index (χ3n) is 5.27. The lowest BCUT2D eigenvalue weighted by Crippen LogP contribution is -2.72. The van der Waals surface area contributed by atoms with E-state index in [4.69, 9.17) is 4.74 Å². The van der Waals surface area contributed by atoms with Gasteiger partial charge in [-0.15, -0.1) is 0 Å².